The molecule has 1 aliphatic rings. The summed E-state index contributed by atoms with van der Waals surface area (Å²) in [6.45, 7) is 4.05. The minimum absolute atomic E-state index is 0.0543. The fraction of sp³-hybridized carbons (Fsp3) is 0.350. The van der Waals surface area contributed by atoms with Crippen molar-refractivity contribution < 1.29 is 14.3 Å². The molecule has 1 saturated heterocycles. The van der Waals surface area contributed by atoms with Gasteiger partial charge in [0.05, 0.1) is 5.92 Å². The van der Waals surface area contributed by atoms with E-state index in [0.29, 0.717) is 22.2 Å². The number of ether oxygens (including phenoxy) is 1. The number of hydrogen-bond acceptors (Lipinski definition) is 7. The summed E-state index contributed by atoms with van der Waals surface area (Å²) in [7, 11) is 0. The number of amides is 1. The lowest BCUT2D eigenvalue weighted by molar-refractivity contribution is -0.149. The van der Waals surface area contributed by atoms with Crippen LogP contribution in [0, 0.1) is 12.8 Å². The van der Waals surface area contributed by atoms with Crippen LogP contribution in [0.25, 0.3) is 4.96 Å². The van der Waals surface area contributed by atoms with Gasteiger partial charge in [0.1, 0.15) is 6.61 Å². The fourth-order valence-electron chi connectivity index (χ4n) is 3.30. The van der Waals surface area contributed by atoms with Gasteiger partial charge in [-0.15, -0.1) is 0 Å². The Morgan fingerprint density at radius 3 is 2.76 bits per heavy atom. The van der Waals surface area contributed by atoms with E-state index in [9.17, 15) is 14.4 Å². The first-order valence-corrected chi connectivity index (χ1v) is 10.2. The monoisotopic (exact) mass is 412 g/mol. The smallest absolute Gasteiger partial charge is 0.311 e. The van der Waals surface area contributed by atoms with Gasteiger partial charge in [-0.25, -0.2) is 4.98 Å². The topological polar surface area (TPSA) is 93.9 Å². The van der Waals surface area contributed by atoms with E-state index in [1.807, 2.05) is 24.3 Å². The number of aryl methyl sites for hydroxylation is 2. The molecule has 2 aromatic heterocycles. The van der Waals surface area contributed by atoms with Crippen molar-refractivity contribution >= 4 is 33.9 Å². The Kier molecular flexibility index (Phi) is 5.14. The van der Waals surface area contributed by atoms with Crippen LogP contribution in [0.2, 0.25) is 0 Å². The van der Waals surface area contributed by atoms with Crippen LogP contribution in [-0.4, -0.2) is 33.0 Å². The van der Waals surface area contributed by atoms with Crippen LogP contribution in [-0.2, 0) is 27.4 Å². The van der Waals surface area contributed by atoms with Crippen molar-refractivity contribution in [2.45, 2.75) is 33.3 Å². The number of hydrogen-bond donors (Lipinski definition) is 0. The summed E-state index contributed by atoms with van der Waals surface area (Å²) in [6.07, 6.45) is 1.05. The second-order valence-corrected chi connectivity index (χ2v) is 8.00. The number of carbonyl (C=O) groups is 2. The molecular weight excluding hydrogens is 392 g/mol. The zero-order valence-corrected chi connectivity index (χ0v) is 16.9. The lowest BCUT2D eigenvalue weighted by atomic mass is 10.1. The Balaban J connectivity index is 1.40. The van der Waals surface area contributed by atoms with E-state index in [1.165, 1.54) is 27.5 Å². The maximum atomic E-state index is 12.5. The quantitative estimate of drug-likeness (QED) is 0.596. The van der Waals surface area contributed by atoms with Crippen LogP contribution in [0.15, 0.2) is 35.1 Å². The van der Waals surface area contributed by atoms with E-state index in [-0.39, 0.29) is 24.5 Å². The van der Waals surface area contributed by atoms with Gasteiger partial charge in [0.2, 0.25) is 10.9 Å². The molecule has 1 aliphatic heterocycles. The highest BCUT2D eigenvalue weighted by Crippen LogP contribution is 2.26. The molecule has 3 aromatic rings. The fourth-order valence-corrected chi connectivity index (χ4v) is 4.15. The number of anilines is 1. The van der Waals surface area contributed by atoms with Crippen LogP contribution in [0.4, 0.5) is 5.69 Å². The van der Waals surface area contributed by atoms with E-state index in [0.717, 1.165) is 12.1 Å². The highest BCUT2D eigenvalue weighted by Gasteiger charge is 2.36. The minimum Gasteiger partial charge on any atom is -0.458 e. The maximum Gasteiger partial charge on any atom is 0.311 e. The van der Waals surface area contributed by atoms with Gasteiger partial charge in [-0.1, -0.05) is 30.4 Å². The SMILES string of the molecule is CCc1ccc(N2CC(C(=O)OCc3nn4c(=O)cc(C)nc4s3)CC2=O)cc1. The Labute approximate surface area is 170 Å². The van der Waals surface area contributed by atoms with Crippen LogP contribution < -0.4 is 10.5 Å². The molecule has 3 heterocycles. The zero-order valence-electron chi connectivity index (χ0n) is 16.1. The summed E-state index contributed by atoms with van der Waals surface area (Å²) >= 11 is 1.20. The third kappa shape index (κ3) is 3.91. The van der Waals surface area contributed by atoms with Crippen molar-refractivity contribution in [2.24, 2.45) is 5.92 Å². The number of carbonyl (C=O) groups excluding carboxylic acids is 2. The third-order valence-electron chi connectivity index (χ3n) is 4.87. The molecular formula is C20H20N4O4S. The van der Waals surface area contributed by atoms with Crippen molar-refractivity contribution in [3.05, 3.63) is 57.0 Å². The van der Waals surface area contributed by atoms with Gasteiger partial charge in [0.15, 0.2) is 5.01 Å². The summed E-state index contributed by atoms with van der Waals surface area (Å²) in [4.78, 5) is 43.1. The van der Waals surface area contributed by atoms with Gasteiger partial charge >= 0.3 is 5.97 Å². The molecule has 0 spiro atoms. The summed E-state index contributed by atoms with van der Waals surface area (Å²) in [5, 5.41) is 4.63. The summed E-state index contributed by atoms with van der Waals surface area (Å²) in [5.41, 5.74) is 2.32. The second-order valence-electron chi connectivity index (χ2n) is 6.96. The maximum absolute atomic E-state index is 12.5. The summed E-state index contributed by atoms with van der Waals surface area (Å²) < 4.78 is 6.56. The van der Waals surface area contributed by atoms with Crippen molar-refractivity contribution in [3.8, 4) is 0 Å². The molecule has 0 saturated carbocycles. The third-order valence-corrected chi connectivity index (χ3v) is 5.75. The summed E-state index contributed by atoms with van der Waals surface area (Å²) in [6, 6.07) is 9.17. The molecule has 9 heteroatoms. The van der Waals surface area contributed by atoms with Crippen molar-refractivity contribution in [2.75, 3.05) is 11.4 Å². The van der Waals surface area contributed by atoms with Gasteiger partial charge < -0.3 is 9.64 Å². The predicted octanol–water partition coefficient (Wildman–Crippen LogP) is 2.12. The molecule has 1 amide bonds. The first-order chi connectivity index (χ1) is 13.9. The molecule has 0 aliphatic carbocycles. The summed E-state index contributed by atoms with van der Waals surface area (Å²) in [5.74, 6) is -1.06. The van der Waals surface area contributed by atoms with Crippen LogP contribution in [0.1, 0.15) is 29.6 Å². The second kappa shape index (κ2) is 7.75. The molecule has 1 unspecified atom stereocenters. The number of rotatable bonds is 5. The van der Waals surface area contributed by atoms with Crippen molar-refractivity contribution in [1.82, 2.24) is 14.6 Å². The minimum atomic E-state index is -0.522. The number of nitrogens with zero attached hydrogens (tertiary/aromatic N) is 4. The van der Waals surface area contributed by atoms with Gasteiger partial charge in [0.25, 0.3) is 5.56 Å². The zero-order chi connectivity index (χ0) is 20.5. The molecule has 0 radical (unpaired) electrons. The van der Waals surface area contributed by atoms with Gasteiger partial charge in [0, 0.05) is 30.4 Å². The van der Waals surface area contributed by atoms with Gasteiger partial charge in [-0.05, 0) is 31.0 Å². The Morgan fingerprint density at radius 2 is 2.03 bits per heavy atom. The van der Waals surface area contributed by atoms with E-state index in [1.54, 1.807) is 11.8 Å². The van der Waals surface area contributed by atoms with Crippen LogP contribution in [0.3, 0.4) is 0 Å². The van der Waals surface area contributed by atoms with Crippen molar-refractivity contribution in [1.29, 1.82) is 0 Å². The molecule has 1 aromatic carbocycles. The molecule has 150 valence electrons. The van der Waals surface area contributed by atoms with Gasteiger partial charge in [-0.3, -0.25) is 14.4 Å². The lowest BCUT2D eigenvalue weighted by Crippen LogP contribution is -2.26. The first-order valence-electron chi connectivity index (χ1n) is 9.37. The number of aromatic nitrogens is 3. The molecule has 4 rings (SSSR count). The molecule has 1 atom stereocenters. The predicted molar refractivity (Wildman–Crippen MR) is 108 cm³/mol. The highest BCUT2D eigenvalue weighted by molar-refractivity contribution is 7.16. The molecule has 0 N–H and O–H groups in total. The Morgan fingerprint density at radius 1 is 1.28 bits per heavy atom. The van der Waals surface area contributed by atoms with E-state index in [4.69, 9.17) is 4.74 Å². The normalized spacial score (nSPS) is 16.6. The van der Waals surface area contributed by atoms with E-state index < -0.39 is 11.9 Å². The lowest BCUT2D eigenvalue weighted by Gasteiger charge is -2.16. The van der Waals surface area contributed by atoms with Crippen LogP contribution in [0.5, 0.6) is 0 Å². The number of fused-ring (bicyclic) bond motifs is 1. The Hall–Kier alpha value is -3.07. The molecule has 8 nitrogen and oxygen atoms in total. The van der Waals surface area contributed by atoms with E-state index in [2.05, 4.69) is 17.0 Å². The standard InChI is InChI=1S/C20H20N4O4S/c1-3-13-4-6-15(7-5-13)23-10-14(9-17(23)25)19(27)28-11-16-22-24-18(26)8-12(2)21-20(24)29-16/h4-8,14H,3,9-11H2,1-2H3. The average molecular weight is 412 g/mol. The van der Waals surface area contributed by atoms with Crippen molar-refractivity contribution in [3.63, 3.8) is 0 Å². The highest BCUT2D eigenvalue weighted by atomic mass is 32.1. The number of benzene rings is 1. The average Bonchev–Trinajstić information content (AvgIpc) is 3.30. The molecule has 1 fully saturated rings. The molecule has 0 bridgehead atoms. The van der Waals surface area contributed by atoms with Crippen LogP contribution >= 0.6 is 11.3 Å². The largest absolute Gasteiger partial charge is 0.458 e. The van der Waals surface area contributed by atoms with Gasteiger partial charge in [-0.2, -0.15) is 9.61 Å². The Bertz CT molecular complexity index is 1140. The van der Waals surface area contributed by atoms with E-state index >= 15 is 0 Å². The number of esters is 1. The first kappa shape index (κ1) is 19.3. The molecule has 29 heavy (non-hydrogen) atoms.